The molecule has 0 aliphatic carbocycles. The Balaban J connectivity index is 2.66. The molecule has 0 amide bonds. The molecule has 1 aromatic carbocycles. The molecule has 2 N–H and O–H groups in total. The van der Waals surface area contributed by atoms with E-state index in [9.17, 15) is 0 Å². The van der Waals surface area contributed by atoms with E-state index < -0.39 is 0 Å². The van der Waals surface area contributed by atoms with Crippen LogP contribution >= 0.6 is 27.7 Å². The molecular weight excluding hydrogens is 274 g/mol. The van der Waals surface area contributed by atoms with Crippen LogP contribution in [0.5, 0.6) is 0 Å². The van der Waals surface area contributed by atoms with Gasteiger partial charge in [-0.2, -0.15) is 0 Å². The van der Waals surface area contributed by atoms with Crippen molar-refractivity contribution in [1.82, 2.24) is 0 Å². The normalized spacial score (nSPS) is 12.8. The Morgan fingerprint density at radius 1 is 1.53 bits per heavy atom. The molecule has 0 aliphatic rings. The van der Waals surface area contributed by atoms with Gasteiger partial charge in [-0.3, -0.25) is 0 Å². The molecule has 0 saturated carbocycles. The van der Waals surface area contributed by atoms with Crippen molar-refractivity contribution in [2.45, 2.75) is 17.9 Å². The Bertz CT molecular complexity index is 317. The zero-order chi connectivity index (χ0) is 11.3. The molecule has 15 heavy (non-hydrogen) atoms. The van der Waals surface area contributed by atoms with Gasteiger partial charge in [0.05, 0.1) is 6.61 Å². The lowest BCUT2D eigenvalue weighted by molar-refractivity contribution is 0.218. The predicted octanol–water partition coefficient (Wildman–Crippen LogP) is 3.21. The van der Waals surface area contributed by atoms with Gasteiger partial charge in [0.25, 0.3) is 0 Å². The van der Waals surface area contributed by atoms with Crippen molar-refractivity contribution in [2.24, 2.45) is 5.73 Å². The lowest BCUT2D eigenvalue weighted by atomic mass is 10.1. The van der Waals surface area contributed by atoms with Crippen LogP contribution in [0.25, 0.3) is 0 Å². The van der Waals surface area contributed by atoms with Gasteiger partial charge in [0, 0.05) is 28.3 Å². The van der Waals surface area contributed by atoms with Crippen LogP contribution in [0.1, 0.15) is 18.5 Å². The van der Waals surface area contributed by atoms with Crippen molar-refractivity contribution in [1.29, 1.82) is 0 Å². The molecule has 1 atom stereocenters. The molecule has 0 saturated heterocycles. The minimum atomic E-state index is 0.0827. The summed E-state index contributed by atoms with van der Waals surface area (Å²) in [7, 11) is 1.72. The molecule has 0 fully saturated rings. The Labute approximate surface area is 104 Å². The van der Waals surface area contributed by atoms with Crippen molar-refractivity contribution in [2.75, 3.05) is 19.5 Å². The third kappa shape index (κ3) is 4.15. The van der Waals surface area contributed by atoms with Crippen LogP contribution in [0.15, 0.2) is 27.6 Å². The van der Waals surface area contributed by atoms with Gasteiger partial charge in [0.15, 0.2) is 0 Å². The summed E-state index contributed by atoms with van der Waals surface area (Å²) in [5.74, 6) is 0.965. The number of hydrogen-bond acceptors (Lipinski definition) is 3. The summed E-state index contributed by atoms with van der Waals surface area (Å²) in [4.78, 5) is 1.23. The predicted molar refractivity (Wildman–Crippen MR) is 69.3 cm³/mol. The molecule has 84 valence electrons. The van der Waals surface area contributed by atoms with E-state index in [-0.39, 0.29) is 6.04 Å². The van der Waals surface area contributed by atoms with Gasteiger partial charge in [-0.15, -0.1) is 11.8 Å². The summed E-state index contributed by atoms with van der Waals surface area (Å²) >= 11 is 5.33. The standard InChI is InChI=1S/C11H16BrNOS/c1-8(13)9-3-4-11(10(12)7-9)15-6-5-14-2/h3-4,7-8H,5-6,13H2,1-2H3. The quantitative estimate of drug-likeness (QED) is 0.668. The molecule has 4 heteroatoms. The smallest absolute Gasteiger partial charge is 0.0556 e. The number of ether oxygens (including phenoxy) is 1. The van der Waals surface area contributed by atoms with E-state index >= 15 is 0 Å². The Morgan fingerprint density at radius 3 is 2.80 bits per heavy atom. The highest BCUT2D eigenvalue weighted by Gasteiger charge is 2.04. The number of hydrogen-bond donors (Lipinski definition) is 1. The van der Waals surface area contributed by atoms with Gasteiger partial charge in [0.1, 0.15) is 0 Å². The monoisotopic (exact) mass is 289 g/mol. The lowest BCUT2D eigenvalue weighted by Crippen LogP contribution is -2.04. The third-order valence-electron chi connectivity index (χ3n) is 2.03. The third-order valence-corrected chi connectivity index (χ3v) is 3.98. The summed E-state index contributed by atoms with van der Waals surface area (Å²) in [6.07, 6.45) is 0. The van der Waals surface area contributed by atoms with Crippen LogP contribution in [0.3, 0.4) is 0 Å². The van der Waals surface area contributed by atoms with Gasteiger partial charge in [-0.1, -0.05) is 6.07 Å². The molecule has 0 heterocycles. The molecule has 0 aromatic heterocycles. The van der Waals surface area contributed by atoms with E-state index in [1.54, 1.807) is 18.9 Å². The summed E-state index contributed by atoms with van der Waals surface area (Å²) in [5, 5.41) is 0. The fourth-order valence-electron chi connectivity index (χ4n) is 1.15. The van der Waals surface area contributed by atoms with Crippen LogP contribution in [-0.4, -0.2) is 19.5 Å². The van der Waals surface area contributed by atoms with E-state index in [0.29, 0.717) is 0 Å². The maximum Gasteiger partial charge on any atom is 0.0556 e. The molecule has 0 aliphatic heterocycles. The summed E-state index contributed by atoms with van der Waals surface area (Å²) < 4.78 is 6.12. The fourth-order valence-corrected chi connectivity index (χ4v) is 2.72. The van der Waals surface area contributed by atoms with Crippen LogP contribution in [0.4, 0.5) is 0 Å². The second-order valence-electron chi connectivity index (χ2n) is 3.32. The summed E-state index contributed by atoms with van der Waals surface area (Å²) in [6, 6.07) is 6.34. The van der Waals surface area contributed by atoms with Crippen molar-refractivity contribution in [3.05, 3.63) is 28.2 Å². The summed E-state index contributed by atoms with van der Waals surface area (Å²) in [6.45, 7) is 2.76. The Morgan fingerprint density at radius 2 is 2.27 bits per heavy atom. The number of rotatable bonds is 5. The van der Waals surface area contributed by atoms with Gasteiger partial charge >= 0.3 is 0 Å². The number of nitrogens with two attached hydrogens (primary N) is 1. The number of benzene rings is 1. The molecule has 1 unspecified atom stereocenters. The molecular formula is C11H16BrNOS. The van der Waals surface area contributed by atoms with E-state index in [1.807, 2.05) is 6.92 Å². The zero-order valence-corrected chi connectivity index (χ0v) is 11.4. The minimum Gasteiger partial charge on any atom is -0.384 e. The minimum absolute atomic E-state index is 0.0827. The SMILES string of the molecule is COCCSc1ccc(C(C)N)cc1Br. The number of thioether (sulfide) groups is 1. The molecule has 0 radical (unpaired) electrons. The second-order valence-corrected chi connectivity index (χ2v) is 5.31. The molecule has 2 nitrogen and oxygen atoms in total. The highest BCUT2D eigenvalue weighted by molar-refractivity contribution is 9.10. The van der Waals surface area contributed by atoms with E-state index in [4.69, 9.17) is 10.5 Å². The van der Waals surface area contributed by atoms with Crippen molar-refractivity contribution in [3.63, 3.8) is 0 Å². The zero-order valence-electron chi connectivity index (χ0n) is 9.00. The first kappa shape index (κ1) is 13.0. The van der Waals surface area contributed by atoms with Gasteiger partial charge < -0.3 is 10.5 Å². The van der Waals surface area contributed by atoms with Gasteiger partial charge in [-0.05, 0) is 40.5 Å². The maximum absolute atomic E-state index is 5.81. The first-order valence-corrected chi connectivity index (χ1v) is 6.59. The van der Waals surface area contributed by atoms with E-state index in [2.05, 4.69) is 34.1 Å². The highest BCUT2D eigenvalue weighted by atomic mass is 79.9. The van der Waals surface area contributed by atoms with Crippen molar-refractivity contribution in [3.8, 4) is 0 Å². The fraction of sp³-hybridized carbons (Fsp3) is 0.455. The van der Waals surface area contributed by atoms with Gasteiger partial charge in [-0.25, -0.2) is 0 Å². The maximum atomic E-state index is 5.81. The Hall–Kier alpha value is -0.0300. The van der Waals surface area contributed by atoms with E-state index in [0.717, 1.165) is 22.4 Å². The van der Waals surface area contributed by atoms with Crippen molar-refractivity contribution < 1.29 is 4.74 Å². The van der Waals surface area contributed by atoms with Crippen LogP contribution in [0.2, 0.25) is 0 Å². The van der Waals surface area contributed by atoms with E-state index in [1.165, 1.54) is 4.90 Å². The molecule has 0 bridgehead atoms. The van der Waals surface area contributed by atoms with Crippen LogP contribution < -0.4 is 5.73 Å². The van der Waals surface area contributed by atoms with Crippen LogP contribution in [0, 0.1) is 0 Å². The second kappa shape index (κ2) is 6.53. The first-order valence-electron chi connectivity index (χ1n) is 4.82. The average molecular weight is 290 g/mol. The largest absolute Gasteiger partial charge is 0.384 e. The Kier molecular flexibility index (Phi) is 5.68. The van der Waals surface area contributed by atoms with Crippen LogP contribution in [-0.2, 0) is 4.74 Å². The first-order chi connectivity index (χ1) is 7.15. The number of methoxy groups -OCH3 is 1. The molecule has 1 rings (SSSR count). The molecule has 1 aromatic rings. The summed E-state index contributed by atoms with van der Waals surface area (Å²) in [5.41, 5.74) is 6.96. The topological polar surface area (TPSA) is 35.2 Å². The van der Waals surface area contributed by atoms with Crippen molar-refractivity contribution >= 4 is 27.7 Å². The average Bonchev–Trinajstić information content (AvgIpc) is 2.20. The highest BCUT2D eigenvalue weighted by Crippen LogP contribution is 2.29. The lowest BCUT2D eigenvalue weighted by Gasteiger charge is -2.09. The van der Waals surface area contributed by atoms with Gasteiger partial charge in [0.2, 0.25) is 0 Å². The number of halogens is 1. The molecule has 0 spiro atoms.